The molecule has 0 radical (unpaired) electrons. The highest BCUT2D eigenvalue weighted by molar-refractivity contribution is 6.07. The molecule has 3 aromatic rings. The molecule has 1 aliphatic carbocycles. The molecule has 1 unspecified atom stereocenters. The van der Waals surface area contributed by atoms with Crippen molar-refractivity contribution >= 4 is 34.4 Å². The first kappa shape index (κ1) is 22.7. The largest absolute Gasteiger partial charge is 0.449 e. The maximum atomic E-state index is 13.4. The quantitative estimate of drug-likeness (QED) is 0.513. The number of pyridine rings is 1. The number of aryl methyl sites for hydroxylation is 1. The molecule has 1 aliphatic rings. The Morgan fingerprint density at radius 1 is 1.15 bits per heavy atom. The fourth-order valence-corrected chi connectivity index (χ4v) is 4.33. The van der Waals surface area contributed by atoms with Gasteiger partial charge in [0.15, 0.2) is 6.10 Å². The predicted octanol–water partition coefficient (Wildman–Crippen LogP) is 5.49. The molecule has 0 fully saturated rings. The van der Waals surface area contributed by atoms with Crippen molar-refractivity contribution in [3.8, 4) is 0 Å². The van der Waals surface area contributed by atoms with E-state index in [2.05, 4.69) is 36.5 Å². The zero-order valence-electron chi connectivity index (χ0n) is 19.5. The van der Waals surface area contributed by atoms with Gasteiger partial charge < -0.3 is 10.1 Å². The Kier molecular flexibility index (Phi) is 6.87. The number of para-hydroxylation sites is 1. The van der Waals surface area contributed by atoms with E-state index < -0.39 is 12.1 Å². The Labute approximate surface area is 194 Å². The van der Waals surface area contributed by atoms with Crippen LogP contribution in [0.4, 0.5) is 0 Å². The van der Waals surface area contributed by atoms with Gasteiger partial charge in [0.2, 0.25) is 0 Å². The molecule has 0 saturated heterocycles. The number of esters is 1. The first-order valence-corrected chi connectivity index (χ1v) is 11.7. The van der Waals surface area contributed by atoms with E-state index in [-0.39, 0.29) is 5.91 Å². The van der Waals surface area contributed by atoms with E-state index in [0.717, 1.165) is 59.0 Å². The minimum absolute atomic E-state index is 0.280. The van der Waals surface area contributed by atoms with Crippen molar-refractivity contribution in [2.24, 2.45) is 0 Å². The van der Waals surface area contributed by atoms with Gasteiger partial charge in [-0.3, -0.25) is 4.79 Å². The molecule has 1 N–H and O–H groups in total. The van der Waals surface area contributed by atoms with Crippen molar-refractivity contribution in [3.05, 3.63) is 76.5 Å². The molecule has 33 heavy (non-hydrogen) atoms. The summed E-state index contributed by atoms with van der Waals surface area (Å²) in [6.07, 6.45) is 4.71. The van der Waals surface area contributed by atoms with Crippen LogP contribution < -0.4 is 5.32 Å². The summed E-state index contributed by atoms with van der Waals surface area (Å²) in [5.41, 5.74) is 6.49. The van der Waals surface area contributed by atoms with Crippen molar-refractivity contribution in [1.82, 2.24) is 10.3 Å². The molecule has 0 saturated carbocycles. The van der Waals surface area contributed by atoms with Gasteiger partial charge >= 0.3 is 5.97 Å². The maximum absolute atomic E-state index is 13.4. The third-order valence-corrected chi connectivity index (χ3v) is 5.96. The molecule has 2 aromatic carbocycles. The van der Waals surface area contributed by atoms with Gasteiger partial charge in [0.1, 0.15) is 0 Å². The Balaban J connectivity index is 1.77. The first-order chi connectivity index (χ1) is 16.0. The van der Waals surface area contributed by atoms with Crippen LogP contribution in [0.25, 0.3) is 22.6 Å². The van der Waals surface area contributed by atoms with E-state index in [9.17, 15) is 9.59 Å². The van der Waals surface area contributed by atoms with Gasteiger partial charge in [-0.1, -0.05) is 55.0 Å². The monoisotopic (exact) mass is 442 g/mol. The van der Waals surface area contributed by atoms with Gasteiger partial charge in [0, 0.05) is 11.9 Å². The van der Waals surface area contributed by atoms with E-state index in [1.54, 1.807) is 6.92 Å². The van der Waals surface area contributed by atoms with Gasteiger partial charge in [-0.05, 0) is 68.4 Å². The molecule has 1 aromatic heterocycles. The average molecular weight is 443 g/mol. The SMILES string of the molecule is CCCNC(=O)C(C)OC(=O)c1c2c(nc3ccccc13)/C(=C/c1cccc(C)c1)CCC2. The number of benzene rings is 2. The second-order valence-corrected chi connectivity index (χ2v) is 8.61. The number of rotatable bonds is 6. The summed E-state index contributed by atoms with van der Waals surface area (Å²) in [7, 11) is 0. The molecular weight excluding hydrogens is 412 g/mol. The van der Waals surface area contributed by atoms with E-state index in [1.165, 1.54) is 5.56 Å². The summed E-state index contributed by atoms with van der Waals surface area (Å²) in [6.45, 7) is 6.23. The van der Waals surface area contributed by atoms with Crippen LogP contribution in [-0.2, 0) is 16.0 Å². The normalized spacial score (nSPS) is 15.2. The van der Waals surface area contributed by atoms with Crippen LogP contribution >= 0.6 is 0 Å². The lowest BCUT2D eigenvalue weighted by Crippen LogP contribution is -2.36. The Bertz CT molecular complexity index is 1230. The molecule has 0 bridgehead atoms. The third kappa shape index (κ3) is 4.98. The number of aromatic nitrogens is 1. The lowest BCUT2D eigenvalue weighted by Gasteiger charge is -2.23. The van der Waals surface area contributed by atoms with Crippen LogP contribution in [0.5, 0.6) is 0 Å². The third-order valence-electron chi connectivity index (χ3n) is 5.96. The standard InChI is InChI=1S/C28H30N2O3/c1-4-15-29-27(31)19(3)33-28(32)25-22-12-5-6-14-24(22)30-26-21(11-8-13-23(25)26)17-20-10-7-9-18(2)16-20/h5-7,9-10,12,14,16-17,19H,4,8,11,13,15H2,1-3H3,(H,29,31)/b21-17+. The lowest BCUT2D eigenvalue weighted by molar-refractivity contribution is -0.129. The van der Waals surface area contributed by atoms with Gasteiger partial charge in [0.25, 0.3) is 5.91 Å². The Morgan fingerprint density at radius 2 is 1.97 bits per heavy atom. The van der Waals surface area contributed by atoms with Crippen molar-refractivity contribution in [3.63, 3.8) is 0 Å². The Hall–Kier alpha value is -3.47. The molecule has 1 heterocycles. The van der Waals surface area contributed by atoms with Crippen molar-refractivity contribution in [2.75, 3.05) is 6.54 Å². The summed E-state index contributed by atoms with van der Waals surface area (Å²) in [5, 5.41) is 3.55. The second-order valence-electron chi connectivity index (χ2n) is 8.61. The van der Waals surface area contributed by atoms with E-state index >= 15 is 0 Å². The summed E-state index contributed by atoms with van der Waals surface area (Å²) in [5.74, 6) is -0.752. The highest BCUT2D eigenvalue weighted by Crippen LogP contribution is 2.36. The van der Waals surface area contributed by atoms with Crippen LogP contribution in [0.15, 0.2) is 48.5 Å². The second kappa shape index (κ2) is 9.99. The van der Waals surface area contributed by atoms with Crippen LogP contribution in [0.1, 0.15) is 65.9 Å². The molecule has 170 valence electrons. The predicted molar refractivity (Wildman–Crippen MR) is 132 cm³/mol. The minimum Gasteiger partial charge on any atom is -0.449 e. The fraction of sp³-hybridized carbons (Fsp3) is 0.321. The number of nitrogens with zero attached hydrogens (tertiary/aromatic N) is 1. The number of ether oxygens (including phenoxy) is 1. The van der Waals surface area contributed by atoms with Crippen LogP contribution in [0, 0.1) is 6.92 Å². The number of hydrogen-bond acceptors (Lipinski definition) is 4. The number of carbonyl (C=O) groups excluding carboxylic acids is 2. The van der Waals surface area contributed by atoms with Crippen LogP contribution in [0.2, 0.25) is 0 Å². The van der Waals surface area contributed by atoms with Crippen molar-refractivity contribution in [2.45, 2.75) is 52.6 Å². The fourth-order valence-electron chi connectivity index (χ4n) is 4.33. The molecule has 0 aliphatic heterocycles. The van der Waals surface area contributed by atoms with Gasteiger partial charge in [-0.15, -0.1) is 0 Å². The summed E-state index contributed by atoms with van der Waals surface area (Å²) < 4.78 is 5.64. The van der Waals surface area contributed by atoms with E-state index in [1.807, 2.05) is 37.3 Å². The van der Waals surface area contributed by atoms with E-state index in [0.29, 0.717) is 12.1 Å². The summed E-state index contributed by atoms with van der Waals surface area (Å²) in [4.78, 5) is 30.6. The zero-order valence-corrected chi connectivity index (χ0v) is 19.5. The molecule has 1 atom stereocenters. The molecule has 5 heteroatoms. The molecule has 4 rings (SSSR count). The highest BCUT2D eigenvalue weighted by atomic mass is 16.5. The zero-order chi connectivity index (χ0) is 23.4. The number of nitrogens with one attached hydrogen (secondary N) is 1. The topological polar surface area (TPSA) is 68.3 Å². The minimum atomic E-state index is -0.863. The number of fused-ring (bicyclic) bond motifs is 2. The van der Waals surface area contributed by atoms with Crippen LogP contribution in [-0.4, -0.2) is 29.5 Å². The Morgan fingerprint density at radius 3 is 2.76 bits per heavy atom. The van der Waals surface area contributed by atoms with E-state index in [4.69, 9.17) is 9.72 Å². The molecule has 5 nitrogen and oxygen atoms in total. The average Bonchev–Trinajstić information content (AvgIpc) is 2.81. The molecular formula is C28H30N2O3. The first-order valence-electron chi connectivity index (χ1n) is 11.7. The van der Waals surface area contributed by atoms with Crippen LogP contribution in [0.3, 0.4) is 0 Å². The summed E-state index contributed by atoms with van der Waals surface area (Å²) in [6, 6.07) is 16.0. The van der Waals surface area contributed by atoms with Crippen molar-refractivity contribution < 1.29 is 14.3 Å². The number of hydrogen-bond donors (Lipinski definition) is 1. The molecule has 1 amide bonds. The maximum Gasteiger partial charge on any atom is 0.339 e. The van der Waals surface area contributed by atoms with Gasteiger partial charge in [-0.25, -0.2) is 9.78 Å². The molecule has 0 spiro atoms. The summed E-state index contributed by atoms with van der Waals surface area (Å²) >= 11 is 0. The van der Waals surface area contributed by atoms with Crippen molar-refractivity contribution in [1.29, 1.82) is 0 Å². The smallest absolute Gasteiger partial charge is 0.339 e. The van der Waals surface area contributed by atoms with Gasteiger partial charge in [-0.2, -0.15) is 0 Å². The lowest BCUT2D eigenvalue weighted by atomic mass is 9.86. The van der Waals surface area contributed by atoms with Gasteiger partial charge in [0.05, 0.1) is 16.8 Å². The number of allylic oxidation sites excluding steroid dienone is 1. The highest BCUT2D eigenvalue weighted by Gasteiger charge is 2.28. The number of amides is 1. The number of carbonyl (C=O) groups is 2.